The molecule has 3 fully saturated rings. The van der Waals surface area contributed by atoms with Crippen molar-refractivity contribution in [3.05, 3.63) is 47.3 Å². The highest BCUT2D eigenvalue weighted by Crippen LogP contribution is 2.32. The number of esters is 1. The number of aliphatic hydroxyl groups excluding tert-OH is 1. The molecule has 3 aliphatic heterocycles. The fourth-order valence-corrected chi connectivity index (χ4v) is 6.61. The van der Waals surface area contributed by atoms with Crippen LogP contribution in [0.1, 0.15) is 58.4 Å². The van der Waals surface area contributed by atoms with Gasteiger partial charge in [-0.15, -0.1) is 0 Å². The Balaban J connectivity index is 1.32. The smallest absolute Gasteiger partial charge is 0.410 e. The largest absolute Gasteiger partial charge is 0.457 e. The molecule has 0 unspecified atom stereocenters. The van der Waals surface area contributed by atoms with Crippen LogP contribution in [-0.2, 0) is 19.1 Å². The van der Waals surface area contributed by atoms with Crippen LogP contribution in [0.15, 0.2) is 35.9 Å². The van der Waals surface area contributed by atoms with Gasteiger partial charge < -0.3 is 34.2 Å². The summed E-state index contributed by atoms with van der Waals surface area (Å²) in [4.78, 5) is 46.4. The molecule has 4 aliphatic rings. The first-order valence-corrected chi connectivity index (χ1v) is 17.2. The van der Waals surface area contributed by atoms with Crippen LogP contribution in [-0.4, -0.2) is 115 Å². The minimum atomic E-state index is -0.881. The Morgan fingerprint density at radius 3 is 2.30 bits per heavy atom. The average molecular weight is 655 g/mol. The maximum absolute atomic E-state index is 14.9. The van der Waals surface area contributed by atoms with Crippen LogP contribution in [0.2, 0.25) is 0 Å². The van der Waals surface area contributed by atoms with Crippen LogP contribution in [0.3, 0.4) is 0 Å². The van der Waals surface area contributed by atoms with E-state index in [-0.39, 0.29) is 42.0 Å². The molecule has 0 radical (unpaired) electrons. The molecule has 258 valence electrons. The molecule has 3 heterocycles. The summed E-state index contributed by atoms with van der Waals surface area (Å²) in [6.07, 6.45) is 5.97. The van der Waals surface area contributed by atoms with Gasteiger partial charge in [-0.3, -0.25) is 9.59 Å². The second kappa shape index (κ2) is 15.6. The summed E-state index contributed by atoms with van der Waals surface area (Å²) in [5, 5.41) is 10.6. The van der Waals surface area contributed by atoms with E-state index in [1.165, 1.54) is 12.1 Å². The lowest BCUT2D eigenvalue weighted by atomic mass is 9.91. The van der Waals surface area contributed by atoms with E-state index in [4.69, 9.17) is 9.47 Å². The number of amides is 2. The number of benzene rings is 1. The molecular weight excluding hydrogens is 603 g/mol. The highest BCUT2D eigenvalue weighted by atomic mass is 19.1. The first-order valence-electron chi connectivity index (χ1n) is 17.2. The summed E-state index contributed by atoms with van der Waals surface area (Å²) in [6.45, 7) is 11.1. The van der Waals surface area contributed by atoms with Crippen molar-refractivity contribution in [3.8, 4) is 0 Å². The van der Waals surface area contributed by atoms with Gasteiger partial charge in [-0.05, 0) is 81.0 Å². The second-order valence-electron chi connectivity index (χ2n) is 13.9. The number of cyclic esters (lactones) is 1. The van der Waals surface area contributed by atoms with Gasteiger partial charge in [0.25, 0.3) is 0 Å². The average Bonchev–Trinajstić information content (AvgIpc) is 3.89. The Kier molecular flexibility index (Phi) is 11.6. The fourth-order valence-electron chi connectivity index (χ4n) is 6.61. The summed E-state index contributed by atoms with van der Waals surface area (Å²) in [6, 6.07) is 4.89. The van der Waals surface area contributed by atoms with Gasteiger partial charge in [0.05, 0.1) is 12.5 Å². The summed E-state index contributed by atoms with van der Waals surface area (Å²) in [5.74, 6) is -0.820. The predicted molar refractivity (Wildman–Crippen MR) is 178 cm³/mol. The van der Waals surface area contributed by atoms with Crippen LogP contribution >= 0.6 is 0 Å². The molecule has 10 nitrogen and oxygen atoms in total. The molecule has 1 N–H and O–H groups in total. The maximum atomic E-state index is 14.9. The predicted octanol–water partition coefficient (Wildman–Crippen LogP) is 4.33. The zero-order chi connectivity index (χ0) is 33.7. The van der Waals surface area contributed by atoms with Crippen LogP contribution in [0.25, 0.3) is 6.08 Å². The van der Waals surface area contributed by atoms with Crippen molar-refractivity contribution in [2.75, 3.05) is 64.3 Å². The summed E-state index contributed by atoms with van der Waals surface area (Å²) >= 11 is 0. The Labute approximate surface area is 278 Å². The van der Waals surface area contributed by atoms with Crippen molar-refractivity contribution in [3.63, 3.8) is 0 Å². The Bertz CT molecular complexity index is 1330. The van der Waals surface area contributed by atoms with Crippen LogP contribution in [0, 0.1) is 23.6 Å². The molecule has 0 bridgehead atoms. The number of piperazine rings is 2. The molecule has 5 rings (SSSR count). The van der Waals surface area contributed by atoms with E-state index in [9.17, 15) is 23.9 Å². The van der Waals surface area contributed by atoms with E-state index >= 15 is 0 Å². The van der Waals surface area contributed by atoms with Crippen molar-refractivity contribution in [2.24, 2.45) is 17.8 Å². The minimum Gasteiger partial charge on any atom is -0.457 e. The lowest BCUT2D eigenvalue weighted by molar-refractivity contribution is -0.151. The third kappa shape index (κ3) is 9.56. The van der Waals surface area contributed by atoms with Crippen molar-refractivity contribution in [1.29, 1.82) is 0 Å². The van der Waals surface area contributed by atoms with E-state index in [1.807, 2.05) is 57.0 Å². The number of likely N-dealkylation sites (N-methyl/N-ethyl adjacent to an activating group) is 1. The van der Waals surface area contributed by atoms with Crippen LogP contribution in [0.4, 0.5) is 14.9 Å². The molecule has 47 heavy (non-hydrogen) atoms. The topological polar surface area (TPSA) is 103 Å². The Morgan fingerprint density at radius 2 is 1.62 bits per heavy atom. The number of carbonyl (C=O) groups is 3. The third-order valence-corrected chi connectivity index (χ3v) is 9.89. The second-order valence-corrected chi connectivity index (χ2v) is 13.9. The SMILES string of the molecule is C/C(=C\c1cc(F)cc(N2CCN(C(=O)C3CC3)CC2)c1)[C@H]1OC(=O)C[C@H](O)CC[C@H](C)[C@@H](OC(=O)N2CCN(C)CC2)/C=C\[C@@H]1C. The Morgan fingerprint density at radius 1 is 0.936 bits per heavy atom. The van der Waals surface area contributed by atoms with Crippen molar-refractivity contribution < 1.29 is 33.4 Å². The first kappa shape index (κ1) is 34.9. The van der Waals surface area contributed by atoms with Gasteiger partial charge >= 0.3 is 12.1 Å². The number of nitrogens with zero attached hydrogens (tertiary/aromatic N) is 4. The lowest BCUT2D eigenvalue weighted by Crippen LogP contribution is -2.49. The van der Waals surface area contributed by atoms with Gasteiger partial charge in [0.1, 0.15) is 18.0 Å². The normalized spacial score (nSPS) is 29.4. The number of halogens is 1. The third-order valence-electron chi connectivity index (χ3n) is 9.89. The van der Waals surface area contributed by atoms with Gasteiger partial charge in [-0.25, -0.2) is 9.18 Å². The quantitative estimate of drug-likeness (QED) is 0.370. The van der Waals surface area contributed by atoms with E-state index < -0.39 is 24.3 Å². The van der Waals surface area contributed by atoms with E-state index in [0.717, 1.165) is 37.2 Å². The highest BCUT2D eigenvalue weighted by molar-refractivity contribution is 5.81. The van der Waals surface area contributed by atoms with Crippen LogP contribution < -0.4 is 4.90 Å². The first-order chi connectivity index (χ1) is 22.5. The molecule has 11 heteroatoms. The number of ether oxygens (including phenoxy) is 2. The number of carbonyl (C=O) groups excluding carboxylic acids is 3. The molecule has 0 spiro atoms. The molecule has 5 atom stereocenters. The molecular formula is C36H51FN4O6. The fraction of sp³-hybridized carbons (Fsp3) is 0.639. The van der Waals surface area contributed by atoms with Crippen LogP contribution in [0.5, 0.6) is 0 Å². The number of hydrogen-bond acceptors (Lipinski definition) is 8. The van der Waals surface area contributed by atoms with E-state index in [2.05, 4.69) is 9.80 Å². The van der Waals surface area contributed by atoms with E-state index in [1.54, 1.807) is 4.90 Å². The van der Waals surface area contributed by atoms with E-state index in [0.29, 0.717) is 57.7 Å². The zero-order valence-corrected chi connectivity index (χ0v) is 28.3. The summed E-state index contributed by atoms with van der Waals surface area (Å²) in [7, 11) is 2.03. The van der Waals surface area contributed by atoms with Gasteiger partial charge in [0, 0.05) is 69.9 Å². The molecule has 0 aromatic heterocycles. The number of hydrogen-bond donors (Lipinski definition) is 1. The highest BCUT2D eigenvalue weighted by Gasteiger charge is 2.35. The molecule has 1 aromatic rings. The monoisotopic (exact) mass is 654 g/mol. The number of rotatable bonds is 5. The number of anilines is 1. The lowest BCUT2D eigenvalue weighted by Gasteiger charge is -2.36. The van der Waals surface area contributed by atoms with Gasteiger partial charge in [0.2, 0.25) is 5.91 Å². The standard InChI is InChI=1S/C36H51FN4O6/c1-24-5-9-31(42)23-33(43)47-34(25(2)6-10-32(24)46-36(45)41-13-11-38(4)12-14-41)26(3)19-27-20-29(37)22-30(21-27)39-15-17-40(18-16-39)35(44)28-7-8-28/h6,10,19-22,24-25,28,31-32,34,42H,5,7-9,11-18,23H2,1-4H3/b10-6-,26-19+/t24-,25-,31+,32-,34-/m0/s1. The maximum Gasteiger partial charge on any atom is 0.410 e. The van der Waals surface area contributed by atoms with Crippen molar-refractivity contribution >= 4 is 29.7 Å². The molecule has 2 saturated heterocycles. The minimum absolute atomic E-state index is 0.0746. The molecule has 2 amide bonds. The van der Waals surface area contributed by atoms with Gasteiger partial charge in [-0.2, -0.15) is 0 Å². The van der Waals surface area contributed by atoms with Crippen molar-refractivity contribution in [1.82, 2.24) is 14.7 Å². The number of aliphatic hydroxyl groups is 1. The van der Waals surface area contributed by atoms with Gasteiger partial charge in [-0.1, -0.05) is 26.0 Å². The summed E-state index contributed by atoms with van der Waals surface area (Å²) < 4.78 is 26.9. The molecule has 1 aliphatic carbocycles. The van der Waals surface area contributed by atoms with Crippen molar-refractivity contribution in [2.45, 2.75) is 71.2 Å². The molecule has 1 saturated carbocycles. The van der Waals surface area contributed by atoms with Gasteiger partial charge in [0.15, 0.2) is 0 Å². The zero-order valence-electron chi connectivity index (χ0n) is 28.3. The summed E-state index contributed by atoms with van der Waals surface area (Å²) in [5.41, 5.74) is 2.10. The molecule has 1 aromatic carbocycles. The Hall–Kier alpha value is -3.44.